The van der Waals surface area contributed by atoms with Crippen molar-refractivity contribution in [3.8, 4) is 29.4 Å². The average Bonchev–Trinajstić information content (AvgIpc) is 2.93. The van der Waals surface area contributed by atoms with Crippen molar-refractivity contribution in [2.75, 3.05) is 13.2 Å². The molecular weight excluding hydrogens is 340 g/mol. The third kappa shape index (κ3) is 3.12. The summed E-state index contributed by atoms with van der Waals surface area (Å²) in [6, 6.07) is 15.3. The molecule has 132 valence electrons. The summed E-state index contributed by atoms with van der Waals surface area (Å²) in [5.74, 6) is 2.54. The maximum absolute atomic E-state index is 9.38. The first-order chi connectivity index (χ1) is 13.2. The molecule has 0 bridgehead atoms. The molecule has 2 heterocycles. The second-order valence-corrected chi connectivity index (χ2v) is 6.33. The van der Waals surface area contributed by atoms with E-state index in [1.54, 1.807) is 6.08 Å². The van der Waals surface area contributed by atoms with Crippen LogP contribution in [-0.2, 0) is 0 Å². The molecule has 0 aliphatic carbocycles. The summed E-state index contributed by atoms with van der Waals surface area (Å²) in [6.07, 6.45) is 2.57. The van der Waals surface area contributed by atoms with Gasteiger partial charge < -0.3 is 14.2 Å². The van der Waals surface area contributed by atoms with Crippen LogP contribution in [0.2, 0.25) is 0 Å². The predicted molar refractivity (Wildman–Crippen MR) is 100.0 cm³/mol. The first-order valence-electron chi connectivity index (χ1n) is 8.64. The molecule has 0 unspecified atom stereocenters. The minimum Gasteiger partial charge on any atom is -0.490 e. The van der Waals surface area contributed by atoms with Gasteiger partial charge in [-0.1, -0.05) is 11.6 Å². The molecule has 0 amide bonds. The number of hydrogen-bond acceptors (Lipinski definition) is 5. The lowest BCUT2D eigenvalue weighted by atomic mass is 9.94. The van der Waals surface area contributed by atoms with E-state index in [-0.39, 0.29) is 5.57 Å². The zero-order valence-electron chi connectivity index (χ0n) is 14.8. The van der Waals surface area contributed by atoms with Gasteiger partial charge in [0.25, 0.3) is 0 Å². The maximum Gasteiger partial charge on any atom is 0.161 e. The molecule has 0 fully saturated rings. The van der Waals surface area contributed by atoms with E-state index in [9.17, 15) is 10.5 Å². The van der Waals surface area contributed by atoms with Crippen LogP contribution in [0.3, 0.4) is 0 Å². The fourth-order valence-corrected chi connectivity index (χ4v) is 3.11. The highest BCUT2D eigenvalue weighted by atomic mass is 16.5. The summed E-state index contributed by atoms with van der Waals surface area (Å²) in [7, 11) is 0. The van der Waals surface area contributed by atoms with Crippen LogP contribution in [0, 0.1) is 29.6 Å². The summed E-state index contributed by atoms with van der Waals surface area (Å²) in [5.41, 5.74) is 3.17. The van der Waals surface area contributed by atoms with Crippen molar-refractivity contribution in [1.29, 1.82) is 10.5 Å². The Balaban J connectivity index is 1.84. The van der Waals surface area contributed by atoms with Gasteiger partial charge in [-0.3, -0.25) is 0 Å². The number of allylic oxidation sites excluding steroid dienone is 3. The normalized spacial score (nSPS) is 14.6. The number of fused-ring (bicyclic) bond motifs is 2. The lowest BCUT2D eigenvalue weighted by molar-refractivity contribution is 0.297. The van der Waals surface area contributed by atoms with E-state index in [1.807, 2.05) is 55.5 Å². The number of rotatable bonds is 1. The van der Waals surface area contributed by atoms with E-state index in [1.165, 1.54) is 0 Å². The highest BCUT2D eigenvalue weighted by Gasteiger charge is 2.22. The van der Waals surface area contributed by atoms with E-state index in [2.05, 4.69) is 0 Å². The molecule has 5 heteroatoms. The Bertz CT molecular complexity index is 1050. The van der Waals surface area contributed by atoms with Gasteiger partial charge in [0.15, 0.2) is 11.5 Å². The van der Waals surface area contributed by atoms with Crippen LogP contribution >= 0.6 is 0 Å². The van der Waals surface area contributed by atoms with Gasteiger partial charge in [0, 0.05) is 23.1 Å². The number of aryl methyl sites for hydroxylation is 1. The Morgan fingerprint density at radius 1 is 0.926 bits per heavy atom. The smallest absolute Gasteiger partial charge is 0.161 e. The minimum absolute atomic E-state index is 0.0528. The Kier molecular flexibility index (Phi) is 4.28. The monoisotopic (exact) mass is 356 g/mol. The number of ether oxygens (including phenoxy) is 3. The zero-order chi connectivity index (χ0) is 18.8. The molecular formula is C22H16N2O3. The van der Waals surface area contributed by atoms with Gasteiger partial charge in [0.2, 0.25) is 0 Å². The first-order valence-corrected chi connectivity index (χ1v) is 8.64. The summed E-state index contributed by atoms with van der Waals surface area (Å²) in [4.78, 5) is 0. The summed E-state index contributed by atoms with van der Waals surface area (Å²) in [5, 5.41) is 18.8. The van der Waals surface area contributed by atoms with Crippen molar-refractivity contribution in [2.24, 2.45) is 0 Å². The number of nitrogens with zero attached hydrogens (tertiary/aromatic N) is 2. The lowest BCUT2D eigenvalue weighted by Gasteiger charge is -2.21. The summed E-state index contributed by atoms with van der Waals surface area (Å²) in [6.45, 7) is 3.18. The molecule has 2 aromatic carbocycles. The molecule has 0 radical (unpaired) electrons. The van der Waals surface area contributed by atoms with Gasteiger partial charge in [0.1, 0.15) is 29.2 Å². The van der Waals surface area contributed by atoms with E-state index in [0.717, 1.165) is 23.1 Å². The SMILES string of the molecule is Cc1ccc2c(c1)C(=C(C#N)C#N)C=C(c1ccc3c(c1)OCCCO3)O2. The number of hydrogen-bond donors (Lipinski definition) is 0. The van der Waals surface area contributed by atoms with E-state index >= 15 is 0 Å². The highest BCUT2D eigenvalue weighted by molar-refractivity contribution is 5.92. The van der Waals surface area contributed by atoms with Crippen LogP contribution in [0.25, 0.3) is 11.3 Å². The van der Waals surface area contributed by atoms with E-state index < -0.39 is 0 Å². The molecule has 0 N–H and O–H groups in total. The summed E-state index contributed by atoms with van der Waals surface area (Å²) >= 11 is 0. The van der Waals surface area contributed by atoms with Crippen LogP contribution in [0.5, 0.6) is 17.2 Å². The van der Waals surface area contributed by atoms with Crippen molar-refractivity contribution in [3.63, 3.8) is 0 Å². The Morgan fingerprint density at radius 3 is 2.44 bits per heavy atom. The van der Waals surface area contributed by atoms with Gasteiger partial charge >= 0.3 is 0 Å². The van der Waals surface area contributed by atoms with E-state index in [0.29, 0.717) is 41.8 Å². The predicted octanol–water partition coefficient (Wildman–Crippen LogP) is 4.39. The first kappa shape index (κ1) is 16.8. The lowest BCUT2D eigenvalue weighted by Crippen LogP contribution is -2.05. The Labute approximate surface area is 157 Å². The Hall–Kier alpha value is -3.70. The molecule has 0 saturated carbocycles. The third-order valence-corrected chi connectivity index (χ3v) is 4.45. The molecule has 2 aliphatic heterocycles. The number of benzene rings is 2. The molecule has 4 rings (SSSR count). The Morgan fingerprint density at radius 2 is 1.67 bits per heavy atom. The van der Waals surface area contributed by atoms with Gasteiger partial charge in [-0.05, 0) is 43.3 Å². The van der Waals surface area contributed by atoms with Crippen molar-refractivity contribution in [2.45, 2.75) is 13.3 Å². The highest BCUT2D eigenvalue weighted by Crippen LogP contribution is 2.40. The van der Waals surface area contributed by atoms with Crippen molar-refractivity contribution in [3.05, 3.63) is 64.7 Å². The van der Waals surface area contributed by atoms with Gasteiger partial charge in [-0.2, -0.15) is 10.5 Å². The quantitative estimate of drug-likeness (QED) is 0.708. The standard InChI is InChI=1S/C22H16N2O3/c1-14-3-5-19-18(9-14)17(16(12-23)13-24)11-21(27-19)15-4-6-20-22(10-15)26-8-2-7-25-20/h3-6,9-11H,2,7-8H2,1H3. The molecule has 5 nitrogen and oxygen atoms in total. The molecule has 0 spiro atoms. The zero-order valence-corrected chi connectivity index (χ0v) is 14.8. The molecule has 0 saturated heterocycles. The number of nitriles is 2. The van der Waals surface area contributed by atoms with Crippen LogP contribution in [0.15, 0.2) is 48.0 Å². The van der Waals surface area contributed by atoms with Crippen LogP contribution in [0.1, 0.15) is 23.1 Å². The van der Waals surface area contributed by atoms with Crippen molar-refractivity contribution >= 4 is 11.3 Å². The topological polar surface area (TPSA) is 75.3 Å². The van der Waals surface area contributed by atoms with Gasteiger partial charge in [-0.25, -0.2) is 0 Å². The second-order valence-electron chi connectivity index (χ2n) is 6.33. The third-order valence-electron chi connectivity index (χ3n) is 4.45. The minimum atomic E-state index is 0.0528. The van der Waals surface area contributed by atoms with Crippen LogP contribution in [-0.4, -0.2) is 13.2 Å². The van der Waals surface area contributed by atoms with Crippen molar-refractivity contribution in [1.82, 2.24) is 0 Å². The maximum atomic E-state index is 9.38. The fraction of sp³-hybridized carbons (Fsp3) is 0.182. The molecule has 0 aromatic heterocycles. The van der Waals surface area contributed by atoms with Crippen molar-refractivity contribution < 1.29 is 14.2 Å². The van der Waals surface area contributed by atoms with Gasteiger partial charge in [-0.15, -0.1) is 0 Å². The molecule has 2 aromatic rings. The largest absolute Gasteiger partial charge is 0.490 e. The second kappa shape index (κ2) is 6.90. The van der Waals surface area contributed by atoms with E-state index in [4.69, 9.17) is 14.2 Å². The average molecular weight is 356 g/mol. The molecule has 27 heavy (non-hydrogen) atoms. The molecule has 2 aliphatic rings. The van der Waals surface area contributed by atoms with Crippen LogP contribution < -0.4 is 14.2 Å². The van der Waals surface area contributed by atoms with Crippen LogP contribution in [0.4, 0.5) is 0 Å². The summed E-state index contributed by atoms with van der Waals surface area (Å²) < 4.78 is 17.5. The molecule has 0 atom stereocenters. The fourth-order valence-electron chi connectivity index (χ4n) is 3.11. The van der Waals surface area contributed by atoms with Gasteiger partial charge in [0.05, 0.1) is 13.2 Å².